The van der Waals surface area contributed by atoms with Crippen LogP contribution in [0.15, 0.2) is 36.5 Å². The van der Waals surface area contributed by atoms with E-state index in [4.69, 9.17) is 0 Å². The Bertz CT molecular complexity index is 184. The lowest BCUT2D eigenvalue weighted by Crippen LogP contribution is -1.97. The molecule has 0 radical (unpaired) electrons. The van der Waals surface area contributed by atoms with Crippen LogP contribution in [0.25, 0.3) is 0 Å². The molecule has 11 heavy (non-hydrogen) atoms. The summed E-state index contributed by atoms with van der Waals surface area (Å²) in [4.78, 5) is 0. The molecule has 0 bridgehead atoms. The molecule has 0 aromatic rings. The van der Waals surface area contributed by atoms with Crippen molar-refractivity contribution in [2.45, 2.75) is 20.3 Å². The molecule has 1 aliphatic rings. The summed E-state index contributed by atoms with van der Waals surface area (Å²) in [6.45, 7) is 4.34. The van der Waals surface area contributed by atoms with E-state index < -0.39 is 0 Å². The molecule has 60 valence electrons. The van der Waals surface area contributed by atoms with E-state index in [0.29, 0.717) is 11.8 Å². The molecule has 0 aromatic heterocycles. The van der Waals surface area contributed by atoms with Gasteiger partial charge in [-0.25, -0.2) is 0 Å². The van der Waals surface area contributed by atoms with Crippen molar-refractivity contribution in [3.05, 3.63) is 36.5 Å². The highest BCUT2D eigenvalue weighted by Crippen LogP contribution is 2.18. The Morgan fingerprint density at radius 1 is 1.27 bits per heavy atom. The molecule has 1 rings (SSSR count). The zero-order valence-corrected chi connectivity index (χ0v) is 7.33. The predicted octanol–water partition coefficient (Wildman–Crippen LogP) is 3.33. The average Bonchev–Trinajstić information content (AvgIpc) is 2.15. The van der Waals surface area contributed by atoms with E-state index in [1.165, 1.54) is 6.42 Å². The van der Waals surface area contributed by atoms with E-state index in [-0.39, 0.29) is 0 Å². The fourth-order valence-electron chi connectivity index (χ4n) is 1.44. The summed E-state index contributed by atoms with van der Waals surface area (Å²) < 4.78 is 0. The third kappa shape index (κ3) is 2.75. The first kappa shape index (κ1) is 8.32. The minimum atomic E-state index is 0.644. The average molecular weight is 148 g/mol. The van der Waals surface area contributed by atoms with Crippen molar-refractivity contribution < 1.29 is 0 Å². The van der Waals surface area contributed by atoms with Crippen LogP contribution in [0.1, 0.15) is 20.3 Å². The zero-order chi connectivity index (χ0) is 8.10. The summed E-state index contributed by atoms with van der Waals surface area (Å²) in [6, 6.07) is 0. The van der Waals surface area contributed by atoms with Gasteiger partial charge in [-0.15, -0.1) is 0 Å². The van der Waals surface area contributed by atoms with E-state index in [1.807, 2.05) is 0 Å². The van der Waals surface area contributed by atoms with Gasteiger partial charge >= 0.3 is 0 Å². The minimum Gasteiger partial charge on any atom is -0.0911 e. The summed E-state index contributed by atoms with van der Waals surface area (Å²) in [6.07, 6.45) is 14.5. The molecule has 2 unspecified atom stereocenters. The van der Waals surface area contributed by atoms with Crippen LogP contribution in [-0.4, -0.2) is 0 Å². The van der Waals surface area contributed by atoms with Crippen LogP contribution in [0.2, 0.25) is 0 Å². The maximum Gasteiger partial charge on any atom is -0.00450 e. The van der Waals surface area contributed by atoms with Crippen molar-refractivity contribution in [3.63, 3.8) is 0 Å². The first-order chi connectivity index (χ1) is 5.33. The maximum atomic E-state index is 2.26. The molecule has 0 amide bonds. The van der Waals surface area contributed by atoms with Gasteiger partial charge in [-0.1, -0.05) is 43.4 Å². The van der Waals surface area contributed by atoms with E-state index in [0.717, 1.165) is 0 Å². The molecule has 0 spiro atoms. The third-order valence-electron chi connectivity index (χ3n) is 1.99. The van der Waals surface area contributed by atoms with Crippen LogP contribution in [0.4, 0.5) is 0 Å². The Labute approximate surface area is 69.3 Å². The molecule has 0 saturated carbocycles. The Kier molecular flexibility index (Phi) is 3.15. The summed E-state index contributed by atoms with van der Waals surface area (Å²) in [5, 5.41) is 0. The minimum absolute atomic E-state index is 0.644. The standard InChI is InChI=1S/C11H16/c1-3-6-11-8-5-4-7-10(2)9-11/h3-8,10-11H,9H2,1-2H3/b6-3+. The van der Waals surface area contributed by atoms with Crippen LogP contribution < -0.4 is 0 Å². The largest absolute Gasteiger partial charge is 0.0911 e. The molecule has 0 heteroatoms. The quantitative estimate of drug-likeness (QED) is 0.500. The first-order valence-electron chi connectivity index (χ1n) is 4.30. The second kappa shape index (κ2) is 4.17. The molecule has 0 N–H and O–H groups in total. The molecular formula is C11H16. The molecule has 1 aliphatic carbocycles. The first-order valence-corrected chi connectivity index (χ1v) is 4.30. The molecule has 0 saturated heterocycles. The highest BCUT2D eigenvalue weighted by atomic mass is 14.1. The highest BCUT2D eigenvalue weighted by molar-refractivity contribution is 5.13. The van der Waals surface area contributed by atoms with Gasteiger partial charge in [0.2, 0.25) is 0 Å². The Hall–Kier alpha value is -0.780. The Morgan fingerprint density at radius 3 is 2.73 bits per heavy atom. The molecule has 0 heterocycles. The highest BCUT2D eigenvalue weighted by Gasteiger charge is 2.06. The van der Waals surface area contributed by atoms with Gasteiger partial charge < -0.3 is 0 Å². The van der Waals surface area contributed by atoms with Gasteiger partial charge in [0.15, 0.2) is 0 Å². The maximum absolute atomic E-state index is 2.26. The van der Waals surface area contributed by atoms with Gasteiger partial charge in [0.1, 0.15) is 0 Å². The molecular weight excluding hydrogens is 132 g/mol. The molecule has 2 atom stereocenters. The van der Waals surface area contributed by atoms with Crippen LogP contribution in [0, 0.1) is 11.8 Å². The lowest BCUT2D eigenvalue weighted by atomic mass is 9.97. The number of hydrogen-bond donors (Lipinski definition) is 0. The van der Waals surface area contributed by atoms with Crippen LogP contribution in [-0.2, 0) is 0 Å². The lowest BCUT2D eigenvalue weighted by molar-refractivity contribution is 0.585. The normalized spacial score (nSPS) is 31.1. The van der Waals surface area contributed by atoms with Gasteiger partial charge in [0.25, 0.3) is 0 Å². The van der Waals surface area contributed by atoms with Gasteiger partial charge in [0.05, 0.1) is 0 Å². The van der Waals surface area contributed by atoms with Crippen LogP contribution in [0.3, 0.4) is 0 Å². The summed E-state index contributed by atoms with van der Waals surface area (Å²) in [7, 11) is 0. The molecule has 0 nitrogen and oxygen atoms in total. The monoisotopic (exact) mass is 148 g/mol. The van der Waals surface area contributed by atoms with Crippen LogP contribution in [0.5, 0.6) is 0 Å². The number of rotatable bonds is 1. The van der Waals surface area contributed by atoms with Gasteiger partial charge in [-0.2, -0.15) is 0 Å². The molecule has 0 fully saturated rings. The predicted molar refractivity (Wildman–Crippen MR) is 50.4 cm³/mol. The topological polar surface area (TPSA) is 0 Å². The van der Waals surface area contributed by atoms with E-state index >= 15 is 0 Å². The van der Waals surface area contributed by atoms with E-state index in [1.54, 1.807) is 0 Å². The van der Waals surface area contributed by atoms with E-state index in [2.05, 4.69) is 50.3 Å². The summed E-state index contributed by atoms with van der Waals surface area (Å²) in [5.41, 5.74) is 0. The van der Waals surface area contributed by atoms with Crippen molar-refractivity contribution in [2.24, 2.45) is 11.8 Å². The SMILES string of the molecule is C/C=C/C1C=CC=CC(C)C1. The van der Waals surface area contributed by atoms with Crippen LogP contribution >= 0.6 is 0 Å². The van der Waals surface area contributed by atoms with Gasteiger partial charge in [-0.3, -0.25) is 0 Å². The Balaban J connectivity index is 2.57. The second-order valence-electron chi connectivity index (χ2n) is 3.17. The fraction of sp³-hybridized carbons (Fsp3) is 0.455. The van der Waals surface area contributed by atoms with Gasteiger partial charge in [-0.05, 0) is 25.2 Å². The summed E-state index contributed by atoms with van der Waals surface area (Å²) >= 11 is 0. The second-order valence-corrected chi connectivity index (χ2v) is 3.17. The summed E-state index contributed by atoms with van der Waals surface area (Å²) in [5.74, 6) is 1.36. The van der Waals surface area contributed by atoms with Gasteiger partial charge in [0, 0.05) is 0 Å². The zero-order valence-electron chi connectivity index (χ0n) is 7.33. The third-order valence-corrected chi connectivity index (χ3v) is 1.99. The molecule has 0 aliphatic heterocycles. The number of hydrogen-bond acceptors (Lipinski definition) is 0. The van der Waals surface area contributed by atoms with E-state index in [9.17, 15) is 0 Å². The van der Waals surface area contributed by atoms with Crippen molar-refractivity contribution in [2.75, 3.05) is 0 Å². The lowest BCUT2D eigenvalue weighted by Gasteiger charge is -2.08. The van der Waals surface area contributed by atoms with Crippen molar-refractivity contribution >= 4 is 0 Å². The smallest absolute Gasteiger partial charge is 0.00450 e. The van der Waals surface area contributed by atoms with Crippen molar-refractivity contribution in [1.29, 1.82) is 0 Å². The van der Waals surface area contributed by atoms with Crippen molar-refractivity contribution in [3.8, 4) is 0 Å². The molecule has 0 aromatic carbocycles. The number of allylic oxidation sites excluding steroid dienone is 6. The fourth-order valence-corrected chi connectivity index (χ4v) is 1.44. The Morgan fingerprint density at radius 2 is 2.00 bits per heavy atom. The van der Waals surface area contributed by atoms with Crippen molar-refractivity contribution in [1.82, 2.24) is 0 Å².